The summed E-state index contributed by atoms with van der Waals surface area (Å²) in [5.74, 6) is 0.375. The molecule has 1 aromatic heterocycles. The Bertz CT molecular complexity index is 1080. The maximum atomic E-state index is 12.7. The smallest absolute Gasteiger partial charge is 0.255 e. The number of carbonyl (C=O) groups excluding carboxylic acids is 2. The first-order valence-corrected chi connectivity index (χ1v) is 11.3. The number of halogens is 1. The molecule has 5 nitrogen and oxygen atoms in total. The van der Waals surface area contributed by atoms with E-state index in [2.05, 4.69) is 35.4 Å². The van der Waals surface area contributed by atoms with E-state index in [-0.39, 0.29) is 11.8 Å². The van der Waals surface area contributed by atoms with Crippen molar-refractivity contribution in [3.8, 4) is 0 Å². The van der Waals surface area contributed by atoms with Gasteiger partial charge in [0.1, 0.15) is 0 Å². The second kappa shape index (κ2) is 9.56. The van der Waals surface area contributed by atoms with Crippen LogP contribution in [0.5, 0.6) is 0 Å². The summed E-state index contributed by atoms with van der Waals surface area (Å²) in [5.41, 5.74) is 4.14. The molecule has 0 unspecified atom stereocenters. The minimum Gasteiger partial charge on any atom is -0.361 e. The summed E-state index contributed by atoms with van der Waals surface area (Å²) >= 11 is 6.16. The Balaban J connectivity index is 1.22. The highest BCUT2D eigenvalue weighted by Crippen LogP contribution is 2.24. The van der Waals surface area contributed by atoms with E-state index in [1.54, 1.807) is 12.1 Å². The number of nitrogens with one attached hydrogen (secondary N) is 2. The number of aromatic amines is 1. The predicted molar refractivity (Wildman–Crippen MR) is 124 cm³/mol. The number of fused-ring (bicyclic) bond motifs is 1. The molecule has 1 aliphatic rings. The lowest BCUT2D eigenvalue weighted by Crippen LogP contribution is -2.40. The van der Waals surface area contributed by atoms with E-state index >= 15 is 0 Å². The molecule has 0 aliphatic carbocycles. The van der Waals surface area contributed by atoms with Crippen LogP contribution in [0.25, 0.3) is 10.9 Å². The van der Waals surface area contributed by atoms with Gasteiger partial charge >= 0.3 is 0 Å². The van der Waals surface area contributed by atoms with Crippen molar-refractivity contribution < 1.29 is 9.59 Å². The average Bonchev–Trinajstić information content (AvgIpc) is 3.16. The normalized spacial score (nSPS) is 14.7. The van der Waals surface area contributed by atoms with E-state index in [1.807, 2.05) is 23.2 Å². The third-order valence-electron chi connectivity index (χ3n) is 6.12. The van der Waals surface area contributed by atoms with Gasteiger partial charge in [-0.2, -0.15) is 0 Å². The molecule has 4 rings (SSSR count). The average molecular weight is 438 g/mol. The van der Waals surface area contributed by atoms with Gasteiger partial charge in [0.05, 0.1) is 10.6 Å². The number of piperidine rings is 1. The molecule has 31 heavy (non-hydrogen) atoms. The Morgan fingerprint density at radius 1 is 1.16 bits per heavy atom. The number of benzene rings is 2. The second-order valence-corrected chi connectivity index (χ2v) is 8.79. The summed E-state index contributed by atoms with van der Waals surface area (Å²) in [7, 11) is 0. The van der Waals surface area contributed by atoms with Crippen molar-refractivity contribution in [1.29, 1.82) is 0 Å². The molecule has 0 atom stereocenters. The molecular weight excluding hydrogens is 410 g/mol. The Morgan fingerprint density at radius 2 is 1.94 bits per heavy atom. The first kappa shape index (κ1) is 21.4. The molecule has 0 spiro atoms. The molecule has 2 aromatic carbocycles. The Morgan fingerprint density at radius 3 is 2.71 bits per heavy atom. The molecular formula is C25H28ClN3O2. The van der Waals surface area contributed by atoms with Crippen LogP contribution in [0.1, 0.15) is 40.7 Å². The molecule has 1 fully saturated rings. The van der Waals surface area contributed by atoms with Crippen molar-refractivity contribution in [2.75, 3.05) is 19.6 Å². The highest BCUT2D eigenvalue weighted by molar-refractivity contribution is 6.33. The van der Waals surface area contributed by atoms with E-state index in [1.165, 1.54) is 16.5 Å². The van der Waals surface area contributed by atoms with Crippen LogP contribution in [0.15, 0.2) is 48.7 Å². The molecule has 0 saturated carbocycles. The zero-order valence-electron chi connectivity index (χ0n) is 17.8. The van der Waals surface area contributed by atoms with Crippen LogP contribution in [0.2, 0.25) is 5.02 Å². The van der Waals surface area contributed by atoms with Crippen LogP contribution in [0, 0.1) is 12.8 Å². The summed E-state index contributed by atoms with van der Waals surface area (Å²) in [5, 5.41) is 4.78. The quantitative estimate of drug-likeness (QED) is 0.585. The summed E-state index contributed by atoms with van der Waals surface area (Å²) < 4.78 is 0. The largest absolute Gasteiger partial charge is 0.361 e. The van der Waals surface area contributed by atoms with Gasteiger partial charge in [-0.15, -0.1) is 0 Å². The number of hydrogen-bond donors (Lipinski definition) is 2. The van der Waals surface area contributed by atoms with Gasteiger partial charge in [0.2, 0.25) is 5.91 Å². The van der Waals surface area contributed by atoms with E-state index in [4.69, 9.17) is 11.6 Å². The molecule has 1 aliphatic heterocycles. The summed E-state index contributed by atoms with van der Waals surface area (Å²) in [6, 6.07) is 13.5. The van der Waals surface area contributed by atoms with Crippen molar-refractivity contribution in [3.63, 3.8) is 0 Å². The van der Waals surface area contributed by atoms with Crippen LogP contribution in [0.4, 0.5) is 0 Å². The molecule has 2 heterocycles. The maximum Gasteiger partial charge on any atom is 0.255 e. The number of likely N-dealkylation sites (tertiary alicyclic amines) is 1. The van der Waals surface area contributed by atoms with Gasteiger partial charge in [-0.05, 0) is 61.9 Å². The van der Waals surface area contributed by atoms with Crippen LogP contribution < -0.4 is 5.32 Å². The molecule has 1 saturated heterocycles. The Labute approximate surface area is 187 Å². The molecule has 0 radical (unpaired) electrons. The van der Waals surface area contributed by atoms with E-state index in [0.717, 1.165) is 24.8 Å². The van der Waals surface area contributed by atoms with Crippen molar-refractivity contribution >= 4 is 34.3 Å². The zero-order valence-corrected chi connectivity index (χ0v) is 18.5. The number of H-pyrrole nitrogens is 1. The van der Waals surface area contributed by atoms with Crippen LogP contribution >= 0.6 is 11.6 Å². The first-order chi connectivity index (χ1) is 15.0. The van der Waals surface area contributed by atoms with Crippen molar-refractivity contribution in [3.05, 3.63) is 70.4 Å². The molecule has 0 bridgehead atoms. The number of hydrogen-bond acceptors (Lipinski definition) is 2. The van der Waals surface area contributed by atoms with Crippen LogP contribution in [-0.4, -0.2) is 41.3 Å². The molecule has 162 valence electrons. The van der Waals surface area contributed by atoms with Gasteiger partial charge < -0.3 is 15.2 Å². The SMILES string of the molecule is Cc1ccc2[nH]cc(CCNC(=O)CC3CCN(C(=O)c4ccccc4Cl)CC3)c2c1. The number of amides is 2. The highest BCUT2D eigenvalue weighted by atomic mass is 35.5. The van der Waals surface area contributed by atoms with Crippen LogP contribution in [0.3, 0.4) is 0 Å². The third-order valence-corrected chi connectivity index (χ3v) is 6.45. The van der Waals surface area contributed by atoms with Crippen molar-refractivity contribution in [2.24, 2.45) is 5.92 Å². The first-order valence-electron chi connectivity index (χ1n) is 10.9. The second-order valence-electron chi connectivity index (χ2n) is 8.38. The maximum absolute atomic E-state index is 12.7. The Kier molecular flexibility index (Phi) is 6.62. The number of rotatable bonds is 6. The summed E-state index contributed by atoms with van der Waals surface area (Å²) in [6.45, 7) is 4.04. The fourth-order valence-electron chi connectivity index (χ4n) is 4.32. The Hall–Kier alpha value is -2.79. The van der Waals surface area contributed by atoms with Gasteiger partial charge in [-0.25, -0.2) is 0 Å². The molecule has 6 heteroatoms. The molecule has 2 N–H and O–H groups in total. The monoisotopic (exact) mass is 437 g/mol. The fourth-order valence-corrected chi connectivity index (χ4v) is 4.53. The van der Waals surface area contributed by atoms with Crippen molar-refractivity contribution in [1.82, 2.24) is 15.2 Å². The predicted octanol–water partition coefficient (Wildman–Crippen LogP) is 4.73. The van der Waals surface area contributed by atoms with Gasteiger partial charge in [-0.1, -0.05) is 35.4 Å². The zero-order chi connectivity index (χ0) is 21.8. The fraction of sp³-hybridized carbons (Fsp3) is 0.360. The number of nitrogens with zero attached hydrogens (tertiary/aromatic N) is 1. The number of aromatic nitrogens is 1. The van der Waals surface area contributed by atoms with E-state index < -0.39 is 0 Å². The van der Waals surface area contributed by atoms with Crippen LogP contribution in [-0.2, 0) is 11.2 Å². The topological polar surface area (TPSA) is 65.2 Å². The highest BCUT2D eigenvalue weighted by Gasteiger charge is 2.26. The van der Waals surface area contributed by atoms with E-state index in [9.17, 15) is 9.59 Å². The minimum atomic E-state index is -0.0255. The minimum absolute atomic E-state index is 0.0255. The lowest BCUT2D eigenvalue weighted by molar-refractivity contribution is -0.122. The number of carbonyl (C=O) groups is 2. The third kappa shape index (κ3) is 5.10. The lowest BCUT2D eigenvalue weighted by atomic mass is 9.93. The van der Waals surface area contributed by atoms with Gasteiger partial charge in [0.15, 0.2) is 0 Å². The molecule has 3 aromatic rings. The van der Waals surface area contributed by atoms with E-state index in [0.29, 0.717) is 42.6 Å². The van der Waals surface area contributed by atoms with Crippen molar-refractivity contribution in [2.45, 2.75) is 32.6 Å². The summed E-state index contributed by atoms with van der Waals surface area (Å²) in [6.07, 6.45) is 5.03. The summed E-state index contributed by atoms with van der Waals surface area (Å²) in [4.78, 5) is 30.2. The van der Waals surface area contributed by atoms with Gasteiger partial charge in [-0.3, -0.25) is 9.59 Å². The lowest BCUT2D eigenvalue weighted by Gasteiger charge is -2.32. The number of aryl methyl sites for hydroxylation is 1. The van der Waals surface area contributed by atoms with Gasteiger partial charge in [0, 0.05) is 43.2 Å². The molecule has 2 amide bonds. The van der Waals surface area contributed by atoms with Gasteiger partial charge in [0.25, 0.3) is 5.91 Å². The standard InChI is InChI=1S/C25H28ClN3O2/c1-17-6-7-23-21(14-17)19(16-28-23)8-11-27-24(30)15-18-9-12-29(13-10-18)25(31)20-4-2-3-5-22(20)26/h2-7,14,16,18,28H,8-13,15H2,1H3,(H,27,30).